The molecule has 0 bridgehead atoms. The number of carbonyl (C=O) groups excluding carboxylic acids is 1. The number of rotatable bonds is 3. The molecule has 0 radical (unpaired) electrons. The fraction of sp³-hybridized carbons (Fsp3) is 0.909. The van der Waals surface area contributed by atoms with E-state index in [1.807, 2.05) is 4.90 Å². The van der Waals surface area contributed by atoms with Crippen LogP contribution in [0.25, 0.3) is 0 Å². The van der Waals surface area contributed by atoms with Gasteiger partial charge < -0.3 is 4.90 Å². The molecule has 2 nitrogen and oxygen atoms in total. The van der Waals surface area contributed by atoms with Crippen LogP contribution in [-0.2, 0) is 4.79 Å². The number of nitrogens with zero attached hydrogens (tertiary/aromatic N) is 1. The van der Waals surface area contributed by atoms with Gasteiger partial charge in [-0.2, -0.15) is 0 Å². The second kappa shape index (κ2) is 4.64. The van der Waals surface area contributed by atoms with Crippen molar-refractivity contribution in [2.24, 2.45) is 5.92 Å². The highest BCUT2D eigenvalue weighted by Gasteiger charge is 2.26. The summed E-state index contributed by atoms with van der Waals surface area (Å²) < 4.78 is 0. The molecule has 0 aliphatic carbocycles. The average molecular weight is 183 g/mol. The normalized spacial score (nSPS) is 24.2. The van der Waals surface area contributed by atoms with E-state index < -0.39 is 0 Å². The van der Waals surface area contributed by atoms with Crippen LogP contribution in [0.5, 0.6) is 0 Å². The van der Waals surface area contributed by atoms with Gasteiger partial charge in [-0.3, -0.25) is 4.79 Å². The number of likely N-dealkylation sites (tertiary alicyclic amines) is 1. The van der Waals surface area contributed by atoms with Gasteiger partial charge in [0.2, 0.25) is 5.91 Å². The fourth-order valence-electron chi connectivity index (χ4n) is 2.09. The van der Waals surface area contributed by atoms with Gasteiger partial charge in [0.1, 0.15) is 0 Å². The Kier molecular flexibility index (Phi) is 3.76. The van der Waals surface area contributed by atoms with Crippen LogP contribution >= 0.6 is 0 Å². The molecule has 1 atom stereocenters. The predicted molar refractivity (Wildman–Crippen MR) is 54.5 cm³/mol. The van der Waals surface area contributed by atoms with Crippen molar-refractivity contribution in [2.75, 3.05) is 6.54 Å². The lowest BCUT2D eigenvalue weighted by Gasteiger charge is -2.35. The van der Waals surface area contributed by atoms with E-state index in [2.05, 4.69) is 20.8 Å². The molecule has 1 rings (SSSR count). The van der Waals surface area contributed by atoms with E-state index in [-0.39, 0.29) is 0 Å². The topological polar surface area (TPSA) is 20.3 Å². The summed E-state index contributed by atoms with van der Waals surface area (Å²) in [6.45, 7) is 7.42. The zero-order valence-corrected chi connectivity index (χ0v) is 9.05. The maximum absolute atomic E-state index is 11.5. The molecule has 0 aromatic heterocycles. The number of piperidine rings is 1. The molecule has 0 saturated carbocycles. The summed E-state index contributed by atoms with van der Waals surface area (Å²) >= 11 is 0. The predicted octanol–water partition coefficient (Wildman–Crippen LogP) is 2.43. The van der Waals surface area contributed by atoms with E-state index in [0.717, 1.165) is 25.3 Å². The van der Waals surface area contributed by atoms with Crippen molar-refractivity contribution >= 4 is 5.91 Å². The molecule has 1 fully saturated rings. The van der Waals surface area contributed by atoms with Crippen molar-refractivity contribution in [3.05, 3.63) is 0 Å². The molecule has 1 aliphatic rings. The first kappa shape index (κ1) is 10.6. The Morgan fingerprint density at radius 1 is 1.54 bits per heavy atom. The second-order valence-electron chi connectivity index (χ2n) is 4.33. The zero-order valence-electron chi connectivity index (χ0n) is 9.05. The lowest BCUT2D eigenvalue weighted by molar-refractivity contribution is -0.136. The Hall–Kier alpha value is -0.530. The molecule has 0 N–H and O–H groups in total. The maximum Gasteiger partial charge on any atom is 0.222 e. The van der Waals surface area contributed by atoms with Gasteiger partial charge in [-0.25, -0.2) is 0 Å². The summed E-state index contributed by atoms with van der Waals surface area (Å²) in [6.07, 6.45) is 4.39. The molecule has 1 saturated heterocycles. The maximum atomic E-state index is 11.5. The summed E-state index contributed by atoms with van der Waals surface area (Å²) in [5.74, 6) is 1.10. The summed E-state index contributed by atoms with van der Waals surface area (Å²) in [6, 6.07) is 0.382. The van der Waals surface area contributed by atoms with E-state index in [0.29, 0.717) is 11.9 Å². The van der Waals surface area contributed by atoms with Crippen molar-refractivity contribution < 1.29 is 4.79 Å². The summed E-state index contributed by atoms with van der Waals surface area (Å²) in [5, 5.41) is 0. The van der Waals surface area contributed by atoms with E-state index in [9.17, 15) is 4.79 Å². The quantitative estimate of drug-likeness (QED) is 0.658. The lowest BCUT2D eigenvalue weighted by Crippen LogP contribution is -2.44. The summed E-state index contributed by atoms with van der Waals surface area (Å²) in [4.78, 5) is 13.5. The minimum atomic E-state index is 0.349. The number of hydrogen-bond acceptors (Lipinski definition) is 1. The van der Waals surface area contributed by atoms with E-state index in [4.69, 9.17) is 0 Å². The number of hydrogen-bond donors (Lipinski definition) is 0. The molecule has 1 unspecified atom stereocenters. The molecular formula is C11H21NO. The van der Waals surface area contributed by atoms with Crippen LogP contribution in [0.2, 0.25) is 0 Å². The summed E-state index contributed by atoms with van der Waals surface area (Å²) in [7, 11) is 0. The van der Waals surface area contributed by atoms with Crippen molar-refractivity contribution in [3.63, 3.8) is 0 Å². The van der Waals surface area contributed by atoms with Gasteiger partial charge in [-0.1, -0.05) is 13.3 Å². The minimum absolute atomic E-state index is 0.349. The Balaban J connectivity index is 2.48. The third kappa shape index (κ3) is 2.71. The molecule has 76 valence electrons. The first-order chi connectivity index (χ1) is 6.15. The Morgan fingerprint density at radius 2 is 2.23 bits per heavy atom. The van der Waals surface area contributed by atoms with Crippen LogP contribution in [0.1, 0.15) is 46.5 Å². The first-order valence-electron chi connectivity index (χ1n) is 5.44. The molecular weight excluding hydrogens is 162 g/mol. The minimum Gasteiger partial charge on any atom is -0.340 e. The molecule has 1 heterocycles. The van der Waals surface area contributed by atoms with Crippen molar-refractivity contribution in [3.8, 4) is 0 Å². The van der Waals surface area contributed by atoms with Crippen LogP contribution in [0.3, 0.4) is 0 Å². The van der Waals surface area contributed by atoms with Crippen molar-refractivity contribution in [1.29, 1.82) is 0 Å². The van der Waals surface area contributed by atoms with Crippen molar-refractivity contribution in [2.45, 2.75) is 52.5 Å². The van der Waals surface area contributed by atoms with Gasteiger partial charge >= 0.3 is 0 Å². The highest BCUT2D eigenvalue weighted by molar-refractivity contribution is 5.77. The molecule has 2 heteroatoms. The Labute approximate surface area is 81.3 Å². The SMILES string of the molecule is CCCC1CCC(=O)N(C(C)C)C1. The molecule has 0 aromatic carbocycles. The van der Waals surface area contributed by atoms with E-state index in [1.165, 1.54) is 12.8 Å². The molecule has 13 heavy (non-hydrogen) atoms. The molecule has 1 amide bonds. The van der Waals surface area contributed by atoms with Crippen LogP contribution in [0.15, 0.2) is 0 Å². The van der Waals surface area contributed by atoms with Crippen LogP contribution in [0, 0.1) is 5.92 Å². The van der Waals surface area contributed by atoms with Gasteiger partial charge in [-0.15, -0.1) is 0 Å². The Bertz CT molecular complexity index is 177. The molecule has 0 aromatic rings. The van der Waals surface area contributed by atoms with Gasteiger partial charge in [0, 0.05) is 19.0 Å². The van der Waals surface area contributed by atoms with E-state index >= 15 is 0 Å². The third-order valence-corrected chi connectivity index (χ3v) is 2.86. The second-order valence-corrected chi connectivity index (χ2v) is 4.33. The van der Waals surface area contributed by atoms with Crippen LogP contribution in [-0.4, -0.2) is 23.4 Å². The zero-order chi connectivity index (χ0) is 9.84. The highest BCUT2D eigenvalue weighted by Crippen LogP contribution is 2.22. The lowest BCUT2D eigenvalue weighted by atomic mass is 9.92. The number of amides is 1. The summed E-state index contributed by atoms with van der Waals surface area (Å²) in [5.41, 5.74) is 0. The number of carbonyl (C=O) groups is 1. The standard InChI is InChI=1S/C11H21NO/c1-4-5-10-6-7-11(13)12(8-10)9(2)3/h9-10H,4-8H2,1-3H3. The first-order valence-corrected chi connectivity index (χ1v) is 5.44. The largest absolute Gasteiger partial charge is 0.340 e. The van der Waals surface area contributed by atoms with Gasteiger partial charge in [0.25, 0.3) is 0 Å². The van der Waals surface area contributed by atoms with Crippen molar-refractivity contribution in [1.82, 2.24) is 4.90 Å². The van der Waals surface area contributed by atoms with Gasteiger partial charge in [0.15, 0.2) is 0 Å². The smallest absolute Gasteiger partial charge is 0.222 e. The van der Waals surface area contributed by atoms with Crippen LogP contribution < -0.4 is 0 Å². The Morgan fingerprint density at radius 3 is 2.77 bits per heavy atom. The van der Waals surface area contributed by atoms with Gasteiger partial charge in [-0.05, 0) is 32.6 Å². The van der Waals surface area contributed by atoms with E-state index in [1.54, 1.807) is 0 Å². The third-order valence-electron chi connectivity index (χ3n) is 2.86. The van der Waals surface area contributed by atoms with Gasteiger partial charge in [0.05, 0.1) is 0 Å². The van der Waals surface area contributed by atoms with Crippen LogP contribution in [0.4, 0.5) is 0 Å². The molecule has 1 aliphatic heterocycles. The fourth-order valence-corrected chi connectivity index (χ4v) is 2.09. The average Bonchev–Trinajstić information content (AvgIpc) is 2.08. The monoisotopic (exact) mass is 183 g/mol. The molecule has 0 spiro atoms. The highest BCUT2D eigenvalue weighted by atomic mass is 16.2.